The summed E-state index contributed by atoms with van der Waals surface area (Å²) in [5, 5.41) is 21.2. The highest BCUT2D eigenvalue weighted by Crippen LogP contribution is 2.11. The molecule has 0 aliphatic heterocycles. The minimum atomic E-state index is -0.690. The molecule has 0 bridgehead atoms. The van der Waals surface area contributed by atoms with Crippen LogP contribution in [0.3, 0.4) is 0 Å². The molecule has 0 aliphatic rings. The number of hydrogen-bond acceptors (Lipinski definition) is 5. The van der Waals surface area contributed by atoms with Crippen LogP contribution < -0.4 is 10.1 Å². The number of ether oxygens (including phenoxy) is 1. The highest BCUT2D eigenvalue weighted by molar-refractivity contribution is 5.77. The van der Waals surface area contributed by atoms with E-state index in [9.17, 15) is 9.90 Å². The Hall–Kier alpha value is -2.10. The van der Waals surface area contributed by atoms with Crippen molar-refractivity contribution in [3.05, 3.63) is 29.8 Å². The maximum absolute atomic E-state index is 11.3. The number of nitrogens with zero attached hydrogens (tertiary/aromatic N) is 2. The summed E-state index contributed by atoms with van der Waals surface area (Å²) >= 11 is 0. The number of aliphatic hydroxyl groups excluding tert-OH is 1. The molecule has 0 saturated heterocycles. The van der Waals surface area contributed by atoms with Crippen molar-refractivity contribution in [2.45, 2.75) is 13.0 Å². The van der Waals surface area contributed by atoms with Crippen LogP contribution in [-0.4, -0.2) is 55.3 Å². The maximum Gasteiger partial charge on any atom is 0.233 e. The summed E-state index contributed by atoms with van der Waals surface area (Å²) < 4.78 is 5.46. The van der Waals surface area contributed by atoms with Crippen molar-refractivity contribution in [3.8, 4) is 11.8 Å². The third-order valence-corrected chi connectivity index (χ3v) is 2.99. The number of benzene rings is 1. The Kier molecular flexibility index (Phi) is 7.23. The van der Waals surface area contributed by atoms with E-state index >= 15 is 0 Å². The van der Waals surface area contributed by atoms with E-state index in [-0.39, 0.29) is 19.1 Å². The summed E-state index contributed by atoms with van der Waals surface area (Å²) in [4.78, 5) is 13.1. The van der Waals surface area contributed by atoms with Crippen LogP contribution in [0.15, 0.2) is 24.3 Å². The Morgan fingerprint density at radius 1 is 1.48 bits per heavy atom. The van der Waals surface area contributed by atoms with Gasteiger partial charge in [-0.2, -0.15) is 5.26 Å². The Morgan fingerprint density at radius 2 is 2.14 bits per heavy atom. The topological polar surface area (TPSA) is 85.6 Å². The summed E-state index contributed by atoms with van der Waals surface area (Å²) in [6, 6.07) is 8.72. The Balaban J connectivity index is 2.39. The van der Waals surface area contributed by atoms with Gasteiger partial charge in [0.25, 0.3) is 0 Å². The van der Waals surface area contributed by atoms with Gasteiger partial charge in [-0.3, -0.25) is 9.69 Å². The highest BCUT2D eigenvalue weighted by Gasteiger charge is 2.13. The predicted molar refractivity (Wildman–Crippen MR) is 78.8 cm³/mol. The highest BCUT2D eigenvalue weighted by atomic mass is 16.5. The van der Waals surface area contributed by atoms with Gasteiger partial charge >= 0.3 is 0 Å². The first-order valence-electron chi connectivity index (χ1n) is 6.83. The third-order valence-electron chi connectivity index (χ3n) is 2.99. The van der Waals surface area contributed by atoms with Crippen LogP contribution >= 0.6 is 0 Å². The van der Waals surface area contributed by atoms with Crippen molar-refractivity contribution in [2.75, 3.05) is 33.3 Å². The van der Waals surface area contributed by atoms with Crippen LogP contribution in [-0.2, 0) is 4.79 Å². The molecule has 1 unspecified atom stereocenters. The zero-order valence-electron chi connectivity index (χ0n) is 12.4. The zero-order chi connectivity index (χ0) is 15.7. The first-order valence-corrected chi connectivity index (χ1v) is 6.83. The van der Waals surface area contributed by atoms with Crippen molar-refractivity contribution >= 4 is 5.91 Å². The fourth-order valence-corrected chi connectivity index (χ4v) is 1.76. The molecule has 0 aromatic heterocycles. The standard InChI is InChI=1S/C15H21N3O3/c1-3-18(10-15(20)17-2)9-13(19)11-21-14-6-4-12(8-16)5-7-14/h4-7,13,19H,3,9-11H2,1-2H3,(H,17,20). The van der Waals surface area contributed by atoms with Gasteiger partial charge in [-0.1, -0.05) is 6.92 Å². The number of rotatable bonds is 8. The molecule has 1 aromatic rings. The number of carbonyl (C=O) groups is 1. The van der Waals surface area contributed by atoms with Crippen LogP contribution in [0.2, 0.25) is 0 Å². The fourth-order valence-electron chi connectivity index (χ4n) is 1.76. The lowest BCUT2D eigenvalue weighted by atomic mass is 10.2. The zero-order valence-corrected chi connectivity index (χ0v) is 12.4. The van der Waals surface area contributed by atoms with E-state index in [0.29, 0.717) is 24.4 Å². The Morgan fingerprint density at radius 3 is 2.67 bits per heavy atom. The Labute approximate surface area is 124 Å². The number of amides is 1. The van der Waals surface area contributed by atoms with Gasteiger partial charge < -0.3 is 15.2 Å². The van der Waals surface area contributed by atoms with E-state index in [1.807, 2.05) is 17.9 Å². The third kappa shape index (κ3) is 6.25. The lowest BCUT2D eigenvalue weighted by Crippen LogP contribution is -2.41. The molecule has 0 heterocycles. The minimum absolute atomic E-state index is 0.0861. The van der Waals surface area contributed by atoms with Crippen molar-refractivity contribution in [3.63, 3.8) is 0 Å². The predicted octanol–water partition coefficient (Wildman–Crippen LogP) is 0.366. The molecule has 0 radical (unpaired) electrons. The molecule has 1 amide bonds. The van der Waals surface area contributed by atoms with Gasteiger partial charge in [0.15, 0.2) is 0 Å². The molecule has 1 aromatic carbocycles. The number of likely N-dealkylation sites (N-methyl/N-ethyl adjacent to an activating group) is 2. The first-order chi connectivity index (χ1) is 10.1. The molecule has 1 atom stereocenters. The molecule has 0 fully saturated rings. The number of hydrogen-bond donors (Lipinski definition) is 2. The molecule has 114 valence electrons. The number of aliphatic hydroxyl groups is 1. The van der Waals surface area contributed by atoms with Gasteiger partial charge in [-0.05, 0) is 30.8 Å². The van der Waals surface area contributed by atoms with Crippen LogP contribution in [0.25, 0.3) is 0 Å². The second-order valence-corrected chi connectivity index (χ2v) is 4.60. The van der Waals surface area contributed by atoms with Gasteiger partial charge in [0, 0.05) is 13.6 Å². The molecular formula is C15H21N3O3. The SMILES string of the molecule is CCN(CC(=O)NC)CC(O)COc1ccc(C#N)cc1. The smallest absolute Gasteiger partial charge is 0.233 e. The summed E-state index contributed by atoms with van der Waals surface area (Å²) in [6.45, 7) is 3.34. The van der Waals surface area contributed by atoms with Gasteiger partial charge in [0.1, 0.15) is 18.5 Å². The normalized spacial score (nSPS) is 11.8. The van der Waals surface area contributed by atoms with Gasteiger partial charge in [-0.15, -0.1) is 0 Å². The molecule has 0 aliphatic carbocycles. The van der Waals surface area contributed by atoms with Crippen molar-refractivity contribution < 1.29 is 14.6 Å². The largest absolute Gasteiger partial charge is 0.491 e. The Bertz CT molecular complexity index is 482. The molecule has 21 heavy (non-hydrogen) atoms. The van der Waals surface area contributed by atoms with Crippen LogP contribution in [0, 0.1) is 11.3 Å². The van der Waals surface area contributed by atoms with E-state index in [1.165, 1.54) is 0 Å². The number of nitriles is 1. The lowest BCUT2D eigenvalue weighted by Gasteiger charge is -2.22. The average Bonchev–Trinajstić information content (AvgIpc) is 2.52. The summed E-state index contributed by atoms with van der Waals surface area (Å²) in [6.07, 6.45) is -0.690. The van der Waals surface area contributed by atoms with Gasteiger partial charge in [0.05, 0.1) is 18.2 Å². The quantitative estimate of drug-likeness (QED) is 0.722. The summed E-state index contributed by atoms with van der Waals surface area (Å²) in [5.41, 5.74) is 0.561. The average molecular weight is 291 g/mol. The first kappa shape index (κ1) is 17.0. The van der Waals surface area contributed by atoms with Crippen molar-refractivity contribution in [1.82, 2.24) is 10.2 Å². The van der Waals surface area contributed by atoms with E-state index in [0.717, 1.165) is 0 Å². The van der Waals surface area contributed by atoms with Crippen molar-refractivity contribution in [2.24, 2.45) is 0 Å². The van der Waals surface area contributed by atoms with Crippen LogP contribution in [0.4, 0.5) is 0 Å². The van der Waals surface area contributed by atoms with E-state index < -0.39 is 6.10 Å². The lowest BCUT2D eigenvalue weighted by molar-refractivity contribution is -0.122. The van der Waals surface area contributed by atoms with E-state index in [4.69, 9.17) is 10.00 Å². The summed E-state index contributed by atoms with van der Waals surface area (Å²) in [7, 11) is 1.58. The van der Waals surface area contributed by atoms with Crippen molar-refractivity contribution in [1.29, 1.82) is 5.26 Å². The molecule has 6 heteroatoms. The maximum atomic E-state index is 11.3. The molecule has 6 nitrogen and oxygen atoms in total. The number of carbonyl (C=O) groups excluding carboxylic acids is 1. The molecule has 2 N–H and O–H groups in total. The molecule has 1 rings (SSSR count). The van der Waals surface area contributed by atoms with Crippen LogP contribution in [0.1, 0.15) is 12.5 Å². The minimum Gasteiger partial charge on any atom is -0.491 e. The molecular weight excluding hydrogens is 270 g/mol. The van der Waals surface area contributed by atoms with E-state index in [1.54, 1.807) is 31.3 Å². The van der Waals surface area contributed by atoms with Gasteiger partial charge in [-0.25, -0.2) is 0 Å². The summed E-state index contributed by atoms with van der Waals surface area (Å²) in [5.74, 6) is 0.513. The monoisotopic (exact) mass is 291 g/mol. The number of nitrogens with one attached hydrogen (secondary N) is 1. The fraction of sp³-hybridized carbons (Fsp3) is 0.467. The molecule has 0 spiro atoms. The van der Waals surface area contributed by atoms with E-state index in [2.05, 4.69) is 5.32 Å². The molecule has 0 saturated carbocycles. The van der Waals surface area contributed by atoms with Gasteiger partial charge in [0.2, 0.25) is 5.91 Å². The van der Waals surface area contributed by atoms with Crippen LogP contribution in [0.5, 0.6) is 5.75 Å². The second-order valence-electron chi connectivity index (χ2n) is 4.60. The second kappa shape index (κ2) is 8.95.